The Hall–Kier alpha value is 6.36. The van der Waals surface area contributed by atoms with Crippen molar-refractivity contribution in [2.24, 2.45) is 0 Å². The minimum atomic E-state index is 0. The molecule has 0 bridgehead atoms. The Morgan fingerprint density at radius 2 is 0.300 bits per heavy atom. The Bertz CT molecular complexity index is 15.7. The summed E-state index contributed by atoms with van der Waals surface area (Å²) >= 11 is 0. The molecule has 32 valence electrons. The Kier molecular flexibility index (Phi) is 748. The first-order valence-electron chi connectivity index (χ1n) is 0. The van der Waals surface area contributed by atoms with E-state index < -0.39 is 0 Å². The van der Waals surface area contributed by atoms with Gasteiger partial charge in [-0.05, 0) is 0 Å². The number of hydrogen-bond acceptors (Lipinski definition) is 0. The summed E-state index contributed by atoms with van der Waals surface area (Å²) in [5, 5.41) is 0. The van der Waals surface area contributed by atoms with Crippen molar-refractivity contribution in [3.63, 3.8) is 0 Å². The molecular weight excluding hydrogens is 657 g/mol. The third-order valence-electron chi connectivity index (χ3n) is 0. The van der Waals surface area contributed by atoms with E-state index in [4.69, 9.17) is 0 Å². The van der Waals surface area contributed by atoms with Crippen LogP contribution in [0.4, 0.5) is 0 Å². The first-order valence-corrected chi connectivity index (χ1v) is 0. The van der Waals surface area contributed by atoms with Crippen molar-refractivity contribution in [3.8, 4) is 0 Å². The van der Waals surface area contributed by atoms with Crippen molar-refractivity contribution in [1.29, 1.82) is 0 Å². The fraction of sp³-hybridized carbons (Fsp3) is 0. The maximum Gasteiger partial charge on any atom is 2.00 e. The van der Waals surface area contributed by atoms with Crippen molar-refractivity contribution in [2.45, 2.75) is 0 Å². The Balaban J connectivity index is 0. The first-order chi connectivity index (χ1) is 0. The summed E-state index contributed by atoms with van der Waals surface area (Å²) in [6.07, 6.45) is 0. The number of hydrogen-bond donors (Lipinski definition) is 0. The van der Waals surface area contributed by atoms with E-state index in [0.29, 0.717) is 0 Å². The van der Waals surface area contributed by atoms with Gasteiger partial charge < -0.3 is 39.6 Å². The quantitative estimate of drug-likeness (QED) is 0.277. The second kappa shape index (κ2) is 78.3. The van der Waals surface area contributed by atoms with Crippen LogP contribution in [0.25, 0.3) is 0 Å². The molecule has 0 N–H and O–H groups in total. The van der Waals surface area contributed by atoms with Crippen molar-refractivity contribution in [3.05, 3.63) is 0 Å². The van der Waals surface area contributed by atoms with Crippen LogP contribution in [0, 0.1) is 0 Å². The molecule has 0 unspecified atom stereocenters. The fourth-order valence-electron chi connectivity index (χ4n) is 0. The van der Waals surface area contributed by atoms with Crippen molar-refractivity contribution in [2.75, 3.05) is 0 Å². The van der Waals surface area contributed by atoms with Crippen LogP contribution < -0.4 is 0 Å². The van der Waals surface area contributed by atoms with Crippen LogP contribution in [0.1, 0.15) is 0 Å². The summed E-state index contributed by atoms with van der Waals surface area (Å²) in [4.78, 5) is 0. The molecule has 0 spiro atoms. The molecule has 0 rings (SSSR count). The van der Waals surface area contributed by atoms with E-state index in [1.165, 1.54) is 0 Å². The van der Waals surface area contributed by atoms with Crippen molar-refractivity contribution >= 4 is 39.6 Å². The summed E-state index contributed by atoms with van der Waals surface area (Å²) in [6, 6.07) is 0. The zero-order chi connectivity index (χ0) is 0. The molecule has 0 saturated carbocycles. The van der Waals surface area contributed by atoms with Crippen LogP contribution in [-0.2, 0) is 140 Å². The first kappa shape index (κ1) is 95.5. The molecular formula is Cd3P4Zn3. The molecule has 0 fully saturated rings. The maximum absolute atomic E-state index is 0. The summed E-state index contributed by atoms with van der Waals surface area (Å²) in [7, 11) is 0. The molecule has 0 saturated heterocycles. The average Bonchev–Trinajstić information content (AvgIpc) is 0. The second-order valence-corrected chi connectivity index (χ2v) is 0. The third-order valence-corrected chi connectivity index (χ3v) is 0. The van der Waals surface area contributed by atoms with Gasteiger partial charge in [-0.15, -0.1) is 0 Å². The predicted octanol–water partition coefficient (Wildman–Crippen LogP) is 3.43. The summed E-state index contributed by atoms with van der Waals surface area (Å²) in [5.74, 6) is 0. The van der Waals surface area contributed by atoms with E-state index in [2.05, 4.69) is 0 Å². The van der Waals surface area contributed by atoms with Crippen LogP contribution in [0.5, 0.6) is 0 Å². The molecule has 0 radical (unpaired) electrons. The number of rotatable bonds is 0. The molecule has 0 aliphatic heterocycles. The predicted molar refractivity (Wildman–Crippen MR) is 27.7 cm³/mol. The monoisotopic (exact) mass is 657 g/mol. The fourth-order valence-corrected chi connectivity index (χ4v) is 0. The molecule has 0 heterocycles. The third kappa shape index (κ3) is 63.4. The van der Waals surface area contributed by atoms with Crippen LogP contribution in [-0.4, -0.2) is 0 Å². The van der Waals surface area contributed by atoms with Gasteiger partial charge in [0.1, 0.15) is 0 Å². The Labute approximate surface area is 176 Å². The summed E-state index contributed by atoms with van der Waals surface area (Å²) in [6.45, 7) is 0. The topological polar surface area (TPSA) is 0 Å². The molecule has 0 aliphatic rings. The zero-order valence-corrected chi connectivity index (χ0v) is 30.6. The van der Waals surface area contributed by atoms with E-state index in [1.807, 2.05) is 0 Å². The van der Waals surface area contributed by atoms with Crippen LogP contribution in [0.15, 0.2) is 0 Å². The minimum absolute atomic E-state index is 0. The van der Waals surface area contributed by atoms with Crippen LogP contribution in [0.2, 0.25) is 0 Å². The zero-order valence-electron chi connectivity index (χ0n) is 6.03. The minimum Gasteiger partial charge on any atom is -3.00 e. The maximum atomic E-state index is 0. The average molecular weight is 657 g/mol. The van der Waals surface area contributed by atoms with Crippen LogP contribution in [0.3, 0.4) is 0 Å². The van der Waals surface area contributed by atoms with E-state index >= 15 is 0 Å². The summed E-state index contributed by atoms with van der Waals surface area (Å²) < 4.78 is 0. The van der Waals surface area contributed by atoms with E-state index in [0.717, 1.165) is 0 Å². The van der Waals surface area contributed by atoms with Gasteiger partial charge in [-0.2, -0.15) is 0 Å². The SMILES string of the molecule is [Cd+2].[Cd+2].[Cd+2].[P-3].[P-3].[P-3].[P-3].[Zn+2].[Zn+2].[Zn+2]. The van der Waals surface area contributed by atoms with Gasteiger partial charge in [0.15, 0.2) is 0 Å². The molecule has 0 atom stereocenters. The molecule has 0 aromatic heterocycles. The van der Waals surface area contributed by atoms with Gasteiger partial charge >= 0.3 is 140 Å². The standard InChI is InChI=1S/3Cd.4P.3Zn/q3*+2;4*-3;3*+2. The molecule has 0 aromatic carbocycles. The molecule has 0 nitrogen and oxygen atoms in total. The molecule has 0 aliphatic carbocycles. The molecule has 10 heavy (non-hydrogen) atoms. The van der Waals surface area contributed by atoms with Crippen molar-refractivity contribution in [1.82, 2.24) is 0 Å². The van der Waals surface area contributed by atoms with Gasteiger partial charge in [0.25, 0.3) is 0 Å². The van der Waals surface area contributed by atoms with Crippen LogP contribution >= 0.6 is 39.6 Å². The van der Waals surface area contributed by atoms with E-state index in [-0.39, 0.29) is 180 Å². The smallest absolute Gasteiger partial charge is 2.00 e. The van der Waals surface area contributed by atoms with Gasteiger partial charge in [0, 0.05) is 0 Å². The Morgan fingerprint density at radius 3 is 0.300 bits per heavy atom. The second-order valence-electron chi connectivity index (χ2n) is 0. The van der Waals surface area contributed by atoms with Gasteiger partial charge in [-0.1, -0.05) is 0 Å². The molecule has 0 aromatic rings. The van der Waals surface area contributed by atoms with Gasteiger partial charge in [-0.25, -0.2) is 0 Å². The molecule has 0 amide bonds. The van der Waals surface area contributed by atoms with Gasteiger partial charge in [0.2, 0.25) is 0 Å². The molecule has 10 heteroatoms. The van der Waals surface area contributed by atoms with E-state index in [1.54, 1.807) is 0 Å². The van der Waals surface area contributed by atoms with Crippen molar-refractivity contribution < 1.29 is 140 Å². The van der Waals surface area contributed by atoms with Gasteiger partial charge in [0.05, 0.1) is 0 Å². The normalized spacial score (nSPS) is 0. The van der Waals surface area contributed by atoms with E-state index in [9.17, 15) is 0 Å². The van der Waals surface area contributed by atoms with Gasteiger partial charge in [-0.3, -0.25) is 0 Å². The summed E-state index contributed by atoms with van der Waals surface area (Å²) in [5.41, 5.74) is 0. The Morgan fingerprint density at radius 1 is 0.300 bits per heavy atom. The largest absolute Gasteiger partial charge is 3.00 e.